The fourth-order valence-corrected chi connectivity index (χ4v) is 2.46. The largest absolute Gasteiger partial charge is 0.497 e. The average molecular weight is 256 g/mol. The van der Waals surface area contributed by atoms with Crippen molar-refractivity contribution in [3.8, 4) is 5.75 Å². The van der Waals surface area contributed by atoms with Crippen molar-refractivity contribution in [1.29, 1.82) is 0 Å². The SMILES string of the molecule is COc1cccc(C(=O)N2CCc3[nH]ccc3C2)c1. The average Bonchev–Trinajstić information content (AvgIpc) is 2.94. The molecule has 2 heterocycles. The topological polar surface area (TPSA) is 45.3 Å². The second-order valence-corrected chi connectivity index (χ2v) is 4.69. The van der Waals surface area contributed by atoms with Crippen molar-refractivity contribution in [3.63, 3.8) is 0 Å². The molecule has 3 rings (SSSR count). The van der Waals surface area contributed by atoms with Crippen LogP contribution in [0.2, 0.25) is 0 Å². The van der Waals surface area contributed by atoms with Crippen molar-refractivity contribution in [2.45, 2.75) is 13.0 Å². The first-order chi connectivity index (χ1) is 9.28. The summed E-state index contributed by atoms with van der Waals surface area (Å²) in [5.74, 6) is 0.774. The maximum absolute atomic E-state index is 12.5. The van der Waals surface area contributed by atoms with Crippen LogP contribution < -0.4 is 4.74 Å². The van der Waals surface area contributed by atoms with Gasteiger partial charge in [-0.25, -0.2) is 0 Å². The molecule has 1 aliphatic heterocycles. The van der Waals surface area contributed by atoms with E-state index in [1.165, 1.54) is 11.3 Å². The van der Waals surface area contributed by atoms with Gasteiger partial charge in [-0.3, -0.25) is 4.79 Å². The van der Waals surface area contributed by atoms with Gasteiger partial charge in [-0.15, -0.1) is 0 Å². The molecule has 0 unspecified atom stereocenters. The Morgan fingerprint density at radius 2 is 2.26 bits per heavy atom. The van der Waals surface area contributed by atoms with Crippen LogP contribution in [-0.2, 0) is 13.0 Å². The van der Waals surface area contributed by atoms with Crippen molar-refractivity contribution in [2.75, 3.05) is 13.7 Å². The summed E-state index contributed by atoms with van der Waals surface area (Å²) in [7, 11) is 1.61. The number of rotatable bonds is 2. The highest BCUT2D eigenvalue weighted by atomic mass is 16.5. The molecular weight excluding hydrogens is 240 g/mol. The number of fused-ring (bicyclic) bond motifs is 1. The molecule has 1 N–H and O–H groups in total. The maximum atomic E-state index is 12.5. The van der Waals surface area contributed by atoms with Gasteiger partial charge in [-0.2, -0.15) is 0 Å². The van der Waals surface area contributed by atoms with E-state index >= 15 is 0 Å². The second kappa shape index (κ2) is 4.80. The molecular formula is C15H16N2O2. The highest BCUT2D eigenvalue weighted by Gasteiger charge is 2.22. The van der Waals surface area contributed by atoms with Gasteiger partial charge in [0.15, 0.2) is 0 Å². The third-order valence-corrected chi connectivity index (χ3v) is 3.53. The molecule has 0 spiro atoms. The maximum Gasteiger partial charge on any atom is 0.254 e. The van der Waals surface area contributed by atoms with Crippen LogP contribution in [0.15, 0.2) is 36.5 Å². The molecule has 0 saturated heterocycles. The van der Waals surface area contributed by atoms with Crippen LogP contribution in [0.25, 0.3) is 0 Å². The van der Waals surface area contributed by atoms with Crippen LogP contribution >= 0.6 is 0 Å². The molecule has 0 aliphatic carbocycles. The first kappa shape index (κ1) is 11.8. The molecule has 19 heavy (non-hydrogen) atoms. The van der Waals surface area contributed by atoms with Crippen LogP contribution in [0.4, 0.5) is 0 Å². The van der Waals surface area contributed by atoms with E-state index in [0.717, 1.165) is 13.0 Å². The van der Waals surface area contributed by atoms with Gasteiger partial charge in [0.1, 0.15) is 5.75 Å². The number of hydrogen-bond acceptors (Lipinski definition) is 2. The van der Waals surface area contributed by atoms with Gasteiger partial charge in [-0.1, -0.05) is 6.07 Å². The summed E-state index contributed by atoms with van der Waals surface area (Å²) in [6.07, 6.45) is 2.82. The number of nitrogens with one attached hydrogen (secondary N) is 1. The predicted molar refractivity (Wildman–Crippen MR) is 72.2 cm³/mol. The van der Waals surface area contributed by atoms with Crippen LogP contribution in [0.3, 0.4) is 0 Å². The number of methoxy groups -OCH3 is 1. The zero-order valence-corrected chi connectivity index (χ0v) is 10.8. The minimum atomic E-state index is 0.0609. The Balaban J connectivity index is 1.81. The Hall–Kier alpha value is -2.23. The molecule has 1 aromatic heterocycles. The van der Waals surface area contributed by atoms with Gasteiger partial charge in [0, 0.05) is 37.0 Å². The Labute approximate surface area is 112 Å². The second-order valence-electron chi connectivity index (χ2n) is 4.69. The Bertz CT molecular complexity index is 604. The van der Waals surface area contributed by atoms with Gasteiger partial charge < -0.3 is 14.6 Å². The molecule has 0 radical (unpaired) electrons. The first-order valence-corrected chi connectivity index (χ1v) is 6.36. The Kier molecular flexibility index (Phi) is 2.99. The number of ether oxygens (including phenoxy) is 1. The summed E-state index contributed by atoms with van der Waals surface area (Å²) in [6, 6.07) is 9.35. The highest BCUT2D eigenvalue weighted by Crippen LogP contribution is 2.20. The quantitative estimate of drug-likeness (QED) is 0.895. The molecule has 4 nitrogen and oxygen atoms in total. The van der Waals surface area contributed by atoms with Gasteiger partial charge in [0.2, 0.25) is 0 Å². The molecule has 0 saturated carbocycles. The van der Waals surface area contributed by atoms with E-state index in [2.05, 4.69) is 4.98 Å². The summed E-state index contributed by atoms with van der Waals surface area (Å²) in [5.41, 5.74) is 3.13. The molecule has 98 valence electrons. The van der Waals surface area contributed by atoms with E-state index < -0.39 is 0 Å². The van der Waals surface area contributed by atoms with Crippen LogP contribution in [0.5, 0.6) is 5.75 Å². The number of amides is 1. The van der Waals surface area contributed by atoms with Crippen molar-refractivity contribution < 1.29 is 9.53 Å². The van der Waals surface area contributed by atoms with E-state index in [9.17, 15) is 4.79 Å². The minimum absolute atomic E-state index is 0.0609. The summed E-state index contributed by atoms with van der Waals surface area (Å²) in [5, 5.41) is 0. The Morgan fingerprint density at radius 1 is 1.37 bits per heavy atom. The number of H-pyrrole nitrogens is 1. The third-order valence-electron chi connectivity index (χ3n) is 3.53. The van der Waals surface area contributed by atoms with E-state index in [1.807, 2.05) is 35.4 Å². The number of carbonyl (C=O) groups is 1. The molecule has 1 amide bonds. The number of carbonyl (C=O) groups excluding carboxylic acids is 1. The van der Waals surface area contributed by atoms with E-state index in [4.69, 9.17) is 4.74 Å². The van der Waals surface area contributed by atoms with Crippen LogP contribution in [0, 0.1) is 0 Å². The molecule has 0 fully saturated rings. The van der Waals surface area contributed by atoms with Crippen LogP contribution in [0.1, 0.15) is 21.6 Å². The zero-order chi connectivity index (χ0) is 13.2. The molecule has 1 aliphatic rings. The lowest BCUT2D eigenvalue weighted by Gasteiger charge is -2.27. The summed E-state index contributed by atoms with van der Waals surface area (Å²) in [4.78, 5) is 17.6. The molecule has 4 heteroatoms. The number of aromatic nitrogens is 1. The lowest BCUT2D eigenvalue weighted by molar-refractivity contribution is 0.0734. The van der Waals surface area contributed by atoms with Crippen molar-refractivity contribution in [3.05, 3.63) is 53.3 Å². The number of aromatic amines is 1. The van der Waals surface area contributed by atoms with E-state index in [0.29, 0.717) is 17.9 Å². The van der Waals surface area contributed by atoms with E-state index in [1.54, 1.807) is 13.2 Å². The van der Waals surface area contributed by atoms with Gasteiger partial charge in [0.25, 0.3) is 5.91 Å². The Morgan fingerprint density at radius 3 is 3.11 bits per heavy atom. The van der Waals surface area contributed by atoms with Gasteiger partial charge >= 0.3 is 0 Å². The van der Waals surface area contributed by atoms with Crippen LogP contribution in [-0.4, -0.2) is 29.4 Å². The number of hydrogen-bond donors (Lipinski definition) is 1. The smallest absolute Gasteiger partial charge is 0.254 e. The molecule has 1 aromatic carbocycles. The lowest BCUT2D eigenvalue weighted by Crippen LogP contribution is -2.35. The normalized spacial score (nSPS) is 14.1. The summed E-state index contributed by atoms with van der Waals surface area (Å²) in [6.45, 7) is 1.43. The zero-order valence-electron chi connectivity index (χ0n) is 10.8. The first-order valence-electron chi connectivity index (χ1n) is 6.36. The molecule has 0 atom stereocenters. The van der Waals surface area contributed by atoms with E-state index in [-0.39, 0.29) is 5.91 Å². The molecule has 2 aromatic rings. The standard InChI is InChI=1S/C15H16N2O2/c1-19-13-4-2-3-11(9-13)15(18)17-8-6-14-12(10-17)5-7-16-14/h2-5,7,9,16H,6,8,10H2,1H3. The predicted octanol–water partition coefficient (Wildman–Crippen LogP) is 2.22. The fraction of sp³-hybridized carbons (Fsp3) is 0.267. The van der Waals surface area contributed by atoms with Gasteiger partial charge in [-0.05, 0) is 29.8 Å². The molecule has 0 bridgehead atoms. The monoisotopic (exact) mass is 256 g/mol. The van der Waals surface area contributed by atoms with Crippen molar-refractivity contribution in [1.82, 2.24) is 9.88 Å². The third kappa shape index (κ3) is 2.21. The number of nitrogens with zero attached hydrogens (tertiary/aromatic N) is 1. The fourth-order valence-electron chi connectivity index (χ4n) is 2.46. The summed E-state index contributed by atoms with van der Waals surface area (Å²) >= 11 is 0. The minimum Gasteiger partial charge on any atom is -0.497 e. The lowest BCUT2D eigenvalue weighted by atomic mass is 10.1. The number of benzene rings is 1. The van der Waals surface area contributed by atoms with Gasteiger partial charge in [0.05, 0.1) is 7.11 Å². The summed E-state index contributed by atoms with van der Waals surface area (Å²) < 4.78 is 5.16. The highest BCUT2D eigenvalue weighted by molar-refractivity contribution is 5.94. The van der Waals surface area contributed by atoms with Crippen molar-refractivity contribution >= 4 is 5.91 Å². The van der Waals surface area contributed by atoms with Crippen molar-refractivity contribution in [2.24, 2.45) is 0 Å².